The molecule has 0 aliphatic carbocycles. The molecule has 1 fully saturated rings. The summed E-state index contributed by atoms with van der Waals surface area (Å²) >= 11 is 3.19. The maximum absolute atomic E-state index is 11.6. The van der Waals surface area contributed by atoms with Crippen LogP contribution in [0.3, 0.4) is 0 Å². The van der Waals surface area contributed by atoms with Crippen molar-refractivity contribution < 1.29 is 19.8 Å². The van der Waals surface area contributed by atoms with Crippen LogP contribution >= 0.6 is 15.9 Å². The molecule has 1 aromatic heterocycles. The number of nitrogens with one attached hydrogen (secondary N) is 1. The third-order valence-electron chi connectivity index (χ3n) is 3.97. The van der Waals surface area contributed by atoms with E-state index >= 15 is 0 Å². The predicted molar refractivity (Wildman–Crippen MR) is 81.7 cm³/mol. The molecule has 0 aromatic carbocycles. The highest BCUT2D eigenvalue weighted by Crippen LogP contribution is 2.35. The van der Waals surface area contributed by atoms with Gasteiger partial charge in [0.15, 0.2) is 0 Å². The normalized spacial score (nSPS) is 17.0. The van der Waals surface area contributed by atoms with Gasteiger partial charge < -0.3 is 20.4 Å². The molecule has 3 N–H and O–H groups in total. The first-order chi connectivity index (χ1) is 10.4. The number of rotatable bonds is 5. The molecule has 120 valence electrons. The summed E-state index contributed by atoms with van der Waals surface area (Å²) in [5.41, 5.74) is -0.887. The zero-order chi connectivity index (χ0) is 16.2. The summed E-state index contributed by atoms with van der Waals surface area (Å²) in [6.45, 7) is 0.940. The lowest BCUT2D eigenvalue weighted by Crippen LogP contribution is -2.46. The Bertz CT molecular complexity index is 543. The molecule has 2 rings (SSSR count). The van der Waals surface area contributed by atoms with Crippen molar-refractivity contribution in [2.45, 2.75) is 19.3 Å². The van der Waals surface area contributed by atoms with E-state index in [2.05, 4.69) is 31.2 Å². The number of aromatic nitrogens is 2. The monoisotopic (exact) mass is 372 g/mol. The molecule has 2 heterocycles. The third-order valence-corrected chi connectivity index (χ3v) is 4.38. The average molecular weight is 373 g/mol. The molecule has 1 aliphatic rings. The van der Waals surface area contributed by atoms with Crippen LogP contribution in [-0.4, -0.2) is 56.8 Å². The van der Waals surface area contributed by atoms with E-state index < -0.39 is 17.5 Å². The summed E-state index contributed by atoms with van der Waals surface area (Å²) in [6.07, 6.45) is 3.17. The number of hydrogen-bond donors (Lipinski definition) is 3. The van der Waals surface area contributed by atoms with E-state index in [4.69, 9.17) is 5.11 Å². The molecule has 0 unspecified atom stereocenters. The number of nitrogens with zero attached hydrogens (tertiary/aromatic N) is 3. The fourth-order valence-corrected chi connectivity index (χ4v) is 2.74. The Morgan fingerprint density at radius 3 is 2.45 bits per heavy atom. The van der Waals surface area contributed by atoms with Crippen molar-refractivity contribution in [3.05, 3.63) is 17.0 Å². The SMILES string of the molecule is O=C(O)N1CCC(CCNc2cnc(Br)cn2)(C(=O)O)CC1. The van der Waals surface area contributed by atoms with E-state index in [1.165, 1.54) is 4.90 Å². The number of carboxylic acid groups (broad SMARTS) is 2. The van der Waals surface area contributed by atoms with Crippen LogP contribution in [0.25, 0.3) is 0 Å². The summed E-state index contributed by atoms with van der Waals surface area (Å²) in [7, 11) is 0. The van der Waals surface area contributed by atoms with Crippen molar-refractivity contribution in [3.8, 4) is 0 Å². The van der Waals surface area contributed by atoms with Crippen LogP contribution in [0.1, 0.15) is 19.3 Å². The number of amides is 1. The minimum Gasteiger partial charge on any atom is -0.481 e. The van der Waals surface area contributed by atoms with Crippen LogP contribution in [-0.2, 0) is 4.79 Å². The number of anilines is 1. The largest absolute Gasteiger partial charge is 0.481 e. The van der Waals surface area contributed by atoms with Gasteiger partial charge in [-0.05, 0) is 35.2 Å². The number of likely N-dealkylation sites (tertiary alicyclic amines) is 1. The smallest absolute Gasteiger partial charge is 0.407 e. The summed E-state index contributed by atoms with van der Waals surface area (Å²) in [4.78, 5) is 31.9. The fraction of sp³-hybridized carbons (Fsp3) is 0.538. The Hall–Kier alpha value is -1.90. The zero-order valence-corrected chi connectivity index (χ0v) is 13.4. The summed E-state index contributed by atoms with van der Waals surface area (Å²) in [6, 6.07) is 0. The summed E-state index contributed by atoms with van der Waals surface area (Å²) in [5.74, 6) is -0.298. The summed E-state index contributed by atoms with van der Waals surface area (Å²) in [5, 5.41) is 21.5. The van der Waals surface area contributed by atoms with Gasteiger partial charge in [0.25, 0.3) is 0 Å². The number of piperidine rings is 1. The highest BCUT2D eigenvalue weighted by atomic mass is 79.9. The van der Waals surface area contributed by atoms with Gasteiger partial charge in [0, 0.05) is 19.6 Å². The number of carboxylic acids is 1. The van der Waals surface area contributed by atoms with E-state index in [-0.39, 0.29) is 13.1 Å². The van der Waals surface area contributed by atoms with Gasteiger partial charge >= 0.3 is 12.1 Å². The molecule has 22 heavy (non-hydrogen) atoms. The van der Waals surface area contributed by atoms with E-state index in [1.807, 2.05) is 0 Å². The van der Waals surface area contributed by atoms with Crippen LogP contribution in [0.4, 0.5) is 10.6 Å². The Balaban J connectivity index is 1.91. The minimum absolute atomic E-state index is 0.250. The molecule has 0 radical (unpaired) electrons. The number of carbonyl (C=O) groups is 2. The highest BCUT2D eigenvalue weighted by molar-refractivity contribution is 9.10. The highest BCUT2D eigenvalue weighted by Gasteiger charge is 2.41. The van der Waals surface area contributed by atoms with Crippen molar-refractivity contribution in [2.24, 2.45) is 5.41 Å². The third kappa shape index (κ3) is 3.85. The van der Waals surface area contributed by atoms with Gasteiger partial charge in [0.1, 0.15) is 10.4 Å². The predicted octanol–water partition coefficient (Wildman–Crippen LogP) is 1.89. The Morgan fingerprint density at radius 1 is 1.27 bits per heavy atom. The minimum atomic E-state index is -0.998. The van der Waals surface area contributed by atoms with Crippen LogP contribution < -0.4 is 5.32 Å². The Kier molecular flexibility index (Phi) is 5.17. The second-order valence-electron chi connectivity index (χ2n) is 5.26. The Labute approximate surface area is 135 Å². The van der Waals surface area contributed by atoms with Gasteiger partial charge in [-0.15, -0.1) is 0 Å². The van der Waals surface area contributed by atoms with Gasteiger partial charge in [0.05, 0.1) is 17.8 Å². The lowest BCUT2D eigenvalue weighted by Gasteiger charge is -2.37. The average Bonchev–Trinajstić information content (AvgIpc) is 2.49. The van der Waals surface area contributed by atoms with Crippen molar-refractivity contribution in [2.75, 3.05) is 25.0 Å². The Morgan fingerprint density at radius 2 is 1.95 bits per heavy atom. The van der Waals surface area contributed by atoms with Crippen LogP contribution in [0.15, 0.2) is 17.0 Å². The van der Waals surface area contributed by atoms with Crippen LogP contribution in [0.5, 0.6) is 0 Å². The molecular formula is C13H17BrN4O4. The molecule has 0 bridgehead atoms. The fourth-order valence-electron chi connectivity index (χ4n) is 2.53. The molecule has 0 atom stereocenters. The summed E-state index contributed by atoms with van der Waals surface area (Å²) < 4.78 is 0.626. The van der Waals surface area contributed by atoms with Crippen molar-refractivity contribution in [1.82, 2.24) is 14.9 Å². The van der Waals surface area contributed by atoms with Crippen molar-refractivity contribution in [1.29, 1.82) is 0 Å². The molecule has 9 heteroatoms. The second-order valence-corrected chi connectivity index (χ2v) is 6.07. The van der Waals surface area contributed by atoms with E-state index in [9.17, 15) is 14.7 Å². The topological polar surface area (TPSA) is 116 Å². The van der Waals surface area contributed by atoms with Crippen molar-refractivity contribution >= 4 is 33.8 Å². The maximum atomic E-state index is 11.6. The molecule has 0 spiro atoms. The van der Waals surface area contributed by atoms with Gasteiger partial charge in [-0.2, -0.15) is 0 Å². The first-order valence-corrected chi connectivity index (χ1v) is 7.65. The quantitative estimate of drug-likeness (QED) is 0.722. The maximum Gasteiger partial charge on any atom is 0.407 e. The second kappa shape index (κ2) is 6.91. The number of aliphatic carboxylic acids is 1. The first-order valence-electron chi connectivity index (χ1n) is 6.86. The molecular weight excluding hydrogens is 356 g/mol. The zero-order valence-electron chi connectivity index (χ0n) is 11.8. The van der Waals surface area contributed by atoms with Gasteiger partial charge in [-0.3, -0.25) is 4.79 Å². The van der Waals surface area contributed by atoms with E-state index in [0.717, 1.165) is 0 Å². The van der Waals surface area contributed by atoms with Crippen molar-refractivity contribution in [3.63, 3.8) is 0 Å². The van der Waals surface area contributed by atoms with E-state index in [1.54, 1.807) is 12.4 Å². The molecule has 1 saturated heterocycles. The molecule has 0 saturated carbocycles. The van der Waals surface area contributed by atoms with Crippen LogP contribution in [0.2, 0.25) is 0 Å². The van der Waals surface area contributed by atoms with Gasteiger partial charge in [-0.1, -0.05) is 0 Å². The number of hydrogen-bond acceptors (Lipinski definition) is 5. The molecule has 1 amide bonds. The molecule has 1 aliphatic heterocycles. The van der Waals surface area contributed by atoms with Crippen LogP contribution in [0, 0.1) is 5.41 Å². The standard InChI is InChI=1S/C13H17BrN4O4/c14-9-7-17-10(8-16-9)15-4-1-13(11(19)20)2-5-18(6-3-13)12(21)22/h7-8H,1-6H2,(H,15,17)(H,19,20)(H,21,22). The lowest BCUT2D eigenvalue weighted by molar-refractivity contribution is -0.152. The molecule has 1 aromatic rings. The van der Waals surface area contributed by atoms with Gasteiger partial charge in [0.2, 0.25) is 0 Å². The molecule has 8 nitrogen and oxygen atoms in total. The van der Waals surface area contributed by atoms with Gasteiger partial charge in [-0.25, -0.2) is 14.8 Å². The lowest BCUT2D eigenvalue weighted by atomic mass is 9.75. The number of halogens is 1. The first kappa shape index (κ1) is 16.5. The van der Waals surface area contributed by atoms with E-state index in [0.29, 0.717) is 36.2 Å².